The van der Waals surface area contributed by atoms with Gasteiger partial charge in [0.2, 0.25) is 15.9 Å². The molecule has 1 amide bonds. The first-order valence-electron chi connectivity index (χ1n) is 6.42. The fourth-order valence-electron chi connectivity index (χ4n) is 2.05. The van der Waals surface area contributed by atoms with Crippen LogP contribution in [0.3, 0.4) is 0 Å². The molecule has 0 aromatic heterocycles. The Hall–Kier alpha value is -1.60. The van der Waals surface area contributed by atoms with Crippen LogP contribution in [0.5, 0.6) is 0 Å². The van der Waals surface area contributed by atoms with E-state index < -0.39 is 10.0 Å². The number of amides is 1. The quantitative estimate of drug-likeness (QED) is 0.856. The topological polar surface area (TPSA) is 75.7 Å². The molecule has 1 aliphatic rings. The molecule has 110 valence electrons. The van der Waals surface area contributed by atoms with Crippen molar-refractivity contribution in [3.05, 3.63) is 24.3 Å². The van der Waals surface area contributed by atoms with Gasteiger partial charge in [0, 0.05) is 31.5 Å². The average molecular weight is 298 g/mol. The lowest BCUT2D eigenvalue weighted by Gasteiger charge is -2.16. The molecule has 0 unspecified atom stereocenters. The Bertz CT molecular complexity index is 569. The van der Waals surface area contributed by atoms with Gasteiger partial charge in [-0.05, 0) is 30.7 Å². The molecule has 7 heteroatoms. The standard InChI is InChI=1S/C13H18N2O4S/c1-19-9-10-20(17,18)14-11-4-6-12(7-5-11)15-8-2-3-13(15)16/h4-7,14H,2-3,8-10H2,1H3. The van der Waals surface area contributed by atoms with Crippen LogP contribution in [0.1, 0.15) is 12.8 Å². The Kier molecular flexibility index (Phi) is 4.61. The van der Waals surface area contributed by atoms with Gasteiger partial charge in [-0.1, -0.05) is 0 Å². The molecule has 6 nitrogen and oxygen atoms in total. The van der Waals surface area contributed by atoms with Gasteiger partial charge in [0.05, 0.1) is 12.4 Å². The van der Waals surface area contributed by atoms with Gasteiger partial charge in [-0.2, -0.15) is 0 Å². The van der Waals surface area contributed by atoms with Crippen molar-refractivity contribution in [2.75, 3.05) is 35.6 Å². The second kappa shape index (κ2) is 6.23. The molecular formula is C13H18N2O4S. The number of hydrogen-bond acceptors (Lipinski definition) is 4. The van der Waals surface area contributed by atoms with Crippen molar-refractivity contribution in [2.24, 2.45) is 0 Å². The first-order chi connectivity index (χ1) is 9.52. The fraction of sp³-hybridized carbons (Fsp3) is 0.462. The third kappa shape index (κ3) is 3.71. The molecule has 1 aliphatic heterocycles. The van der Waals surface area contributed by atoms with Crippen LogP contribution in [0.25, 0.3) is 0 Å². The Morgan fingerprint density at radius 3 is 2.55 bits per heavy atom. The van der Waals surface area contributed by atoms with Crippen LogP contribution in [-0.2, 0) is 19.6 Å². The first-order valence-corrected chi connectivity index (χ1v) is 8.07. The molecule has 1 heterocycles. The summed E-state index contributed by atoms with van der Waals surface area (Å²) in [4.78, 5) is 13.3. The smallest absolute Gasteiger partial charge is 0.234 e. The maximum atomic E-state index is 11.7. The van der Waals surface area contributed by atoms with Crippen molar-refractivity contribution in [1.29, 1.82) is 0 Å². The molecule has 1 saturated heterocycles. The highest BCUT2D eigenvalue weighted by atomic mass is 32.2. The normalized spacial score (nSPS) is 15.7. The molecule has 1 fully saturated rings. The number of carbonyl (C=O) groups excluding carboxylic acids is 1. The Morgan fingerprint density at radius 1 is 1.30 bits per heavy atom. The van der Waals surface area contributed by atoms with Crippen molar-refractivity contribution in [1.82, 2.24) is 0 Å². The molecule has 0 atom stereocenters. The number of carbonyl (C=O) groups is 1. The number of nitrogens with zero attached hydrogens (tertiary/aromatic N) is 1. The highest BCUT2D eigenvalue weighted by molar-refractivity contribution is 7.92. The molecule has 0 aliphatic carbocycles. The number of sulfonamides is 1. The van der Waals surface area contributed by atoms with Gasteiger partial charge >= 0.3 is 0 Å². The molecule has 20 heavy (non-hydrogen) atoms. The number of hydrogen-bond donors (Lipinski definition) is 1. The van der Waals surface area contributed by atoms with Crippen LogP contribution in [0.15, 0.2) is 24.3 Å². The molecule has 0 saturated carbocycles. The summed E-state index contributed by atoms with van der Waals surface area (Å²) in [5.74, 6) is 0.0222. The van der Waals surface area contributed by atoms with E-state index in [1.165, 1.54) is 7.11 Å². The predicted molar refractivity (Wildman–Crippen MR) is 77.3 cm³/mol. The third-order valence-corrected chi connectivity index (χ3v) is 4.33. The van der Waals surface area contributed by atoms with Crippen molar-refractivity contribution in [3.8, 4) is 0 Å². The van der Waals surface area contributed by atoms with Crippen molar-refractivity contribution < 1.29 is 17.9 Å². The van der Waals surface area contributed by atoms with Crippen LogP contribution < -0.4 is 9.62 Å². The summed E-state index contributed by atoms with van der Waals surface area (Å²) in [6.07, 6.45) is 1.44. The monoisotopic (exact) mass is 298 g/mol. The number of nitrogens with one attached hydrogen (secondary N) is 1. The van der Waals surface area contributed by atoms with Gasteiger partial charge in [0.15, 0.2) is 0 Å². The number of anilines is 2. The number of methoxy groups -OCH3 is 1. The number of benzene rings is 1. The number of rotatable bonds is 6. The zero-order valence-corrected chi connectivity index (χ0v) is 12.1. The zero-order valence-electron chi connectivity index (χ0n) is 11.3. The van der Waals surface area contributed by atoms with E-state index >= 15 is 0 Å². The summed E-state index contributed by atoms with van der Waals surface area (Å²) >= 11 is 0. The lowest BCUT2D eigenvalue weighted by Crippen LogP contribution is -2.23. The Labute approximate surface area is 118 Å². The lowest BCUT2D eigenvalue weighted by molar-refractivity contribution is -0.117. The van der Waals surface area contributed by atoms with Gasteiger partial charge in [-0.3, -0.25) is 9.52 Å². The van der Waals surface area contributed by atoms with Gasteiger partial charge in [0.1, 0.15) is 0 Å². The van der Waals surface area contributed by atoms with Crippen LogP contribution >= 0.6 is 0 Å². The largest absolute Gasteiger partial charge is 0.384 e. The van der Waals surface area contributed by atoms with E-state index in [0.29, 0.717) is 12.1 Å². The highest BCUT2D eigenvalue weighted by Crippen LogP contribution is 2.23. The van der Waals surface area contributed by atoms with Crippen molar-refractivity contribution in [3.63, 3.8) is 0 Å². The Morgan fingerprint density at radius 2 is 2.00 bits per heavy atom. The number of ether oxygens (including phenoxy) is 1. The minimum Gasteiger partial charge on any atom is -0.384 e. The van der Waals surface area contributed by atoms with E-state index in [1.54, 1.807) is 29.2 Å². The minimum absolute atomic E-state index is 0.0874. The summed E-state index contributed by atoms with van der Waals surface area (Å²) in [6.45, 7) is 0.868. The summed E-state index contributed by atoms with van der Waals surface area (Å²) in [7, 11) is -1.94. The van der Waals surface area contributed by atoms with E-state index in [0.717, 1.165) is 18.7 Å². The molecule has 0 radical (unpaired) electrons. The molecule has 2 rings (SSSR count). The SMILES string of the molecule is COCCS(=O)(=O)Nc1ccc(N2CCCC2=O)cc1. The Balaban J connectivity index is 2.03. The van der Waals surface area contributed by atoms with Crippen molar-refractivity contribution >= 4 is 27.3 Å². The first kappa shape index (κ1) is 14.8. The summed E-state index contributed by atoms with van der Waals surface area (Å²) in [5.41, 5.74) is 1.28. The second-order valence-electron chi connectivity index (χ2n) is 4.61. The van der Waals surface area contributed by atoms with Crippen LogP contribution in [0.2, 0.25) is 0 Å². The van der Waals surface area contributed by atoms with Crippen molar-refractivity contribution in [2.45, 2.75) is 12.8 Å². The van der Waals surface area contributed by atoms with Gasteiger partial charge in [0.25, 0.3) is 0 Å². The van der Waals surface area contributed by atoms with Crippen LogP contribution in [0.4, 0.5) is 11.4 Å². The molecule has 1 aromatic rings. The maximum absolute atomic E-state index is 11.7. The fourth-order valence-corrected chi connectivity index (χ4v) is 3.04. The molecule has 1 aromatic carbocycles. The minimum atomic E-state index is -3.39. The predicted octanol–water partition coefficient (Wildman–Crippen LogP) is 1.20. The average Bonchev–Trinajstić information content (AvgIpc) is 2.83. The maximum Gasteiger partial charge on any atom is 0.234 e. The molecule has 0 spiro atoms. The van der Waals surface area contributed by atoms with Gasteiger partial charge in [-0.15, -0.1) is 0 Å². The third-order valence-electron chi connectivity index (χ3n) is 3.08. The molecular weight excluding hydrogens is 280 g/mol. The van der Waals surface area contributed by atoms with E-state index in [4.69, 9.17) is 4.74 Å². The van der Waals surface area contributed by atoms with E-state index in [1.807, 2.05) is 0 Å². The van der Waals surface area contributed by atoms with E-state index in [-0.39, 0.29) is 18.3 Å². The van der Waals surface area contributed by atoms with Gasteiger partial charge in [-0.25, -0.2) is 8.42 Å². The van der Waals surface area contributed by atoms with E-state index in [2.05, 4.69) is 4.72 Å². The molecule has 1 N–H and O–H groups in total. The van der Waals surface area contributed by atoms with Gasteiger partial charge < -0.3 is 9.64 Å². The summed E-state index contributed by atoms with van der Waals surface area (Å²) < 4.78 is 30.6. The summed E-state index contributed by atoms with van der Waals surface area (Å²) in [6, 6.07) is 6.81. The van der Waals surface area contributed by atoms with Crippen LogP contribution in [-0.4, -0.2) is 40.3 Å². The van der Waals surface area contributed by atoms with Crippen LogP contribution in [0, 0.1) is 0 Å². The zero-order chi connectivity index (χ0) is 14.6. The second-order valence-corrected chi connectivity index (χ2v) is 6.45. The van der Waals surface area contributed by atoms with E-state index in [9.17, 15) is 13.2 Å². The highest BCUT2D eigenvalue weighted by Gasteiger charge is 2.21. The lowest BCUT2D eigenvalue weighted by atomic mass is 10.2. The summed E-state index contributed by atoms with van der Waals surface area (Å²) in [5, 5.41) is 0. The molecule has 0 bridgehead atoms.